The molecule has 3 aromatic rings. The second-order valence-electron chi connectivity index (χ2n) is 5.99. The largest absolute Gasteiger partial charge is 0.497 e. The number of nitrogens with zero attached hydrogens (tertiary/aromatic N) is 3. The monoisotopic (exact) mass is 355 g/mol. The van der Waals surface area contributed by atoms with E-state index in [-0.39, 0.29) is 0 Å². The van der Waals surface area contributed by atoms with Crippen molar-refractivity contribution in [1.29, 1.82) is 0 Å². The van der Waals surface area contributed by atoms with Crippen molar-refractivity contribution in [3.63, 3.8) is 0 Å². The molecule has 0 atom stereocenters. The van der Waals surface area contributed by atoms with Gasteiger partial charge in [-0.1, -0.05) is 30.3 Å². The minimum Gasteiger partial charge on any atom is -0.497 e. The lowest BCUT2D eigenvalue weighted by molar-refractivity contribution is 0.240. The van der Waals surface area contributed by atoms with Crippen LogP contribution in [0.15, 0.2) is 52.9 Å². The van der Waals surface area contributed by atoms with Gasteiger partial charge in [0.2, 0.25) is 5.89 Å². The lowest BCUT2D eigenvalue weighted by Crippen LogP contribution is -2.22. The van der Waals surface area contributed by atoms with Crippen LogP contribution in [0.25, 0.3) is 11.5 Å². The fourth-order valence-corrected chi connectivity index (χ4v) is 2.86. The zero-order valence-electron chi connectivity index (χ0n) is 14.6. The van der Waals surface area contributed by atoms with Crippen molar-refractivity contribution in [1.82, 2.24) is 14.7 Å². The van der Waals surface area contributed by atoms with Gasteiger partial charge in [-0.15, -0.1) is 5.10 Å². The predicted molar refractivity (Wildman–Crippen MR) is 100.0 cm³/mol. The topological polar surface area (TPSA) is 43.4 Å². The molecule has 0 amide bonds. The van der Waals surface area contributed by atoms with Crippen molar-refractivity contribution in [3.05, 3.63) is 64.5 Å². The molecular weight excluding hydrogens is 334 g/mol. The number of hydrogen-bond acceptors (Lipinski definition) is 5. The Labute approximate surface area is 152 Å². The molecule has 2 aromatic carbocycles. The van der Waals surface area contributed by atoms with Crippen molar-refractivity contribution >= 4 is 12.2 Å². The van der Waals surface area contributed by atoms with Gasteiger partial charge in [0.25, 0.3) is 4.84 Å². The van der Waals surface area contributed by atoms with Crippen molar-refractivity contribution in [2.45, 2.75) is 20.1 Å². The molecule has 0 unspecified atom stereocenters. The summed E-state index contributed by atoms with van der Waals surface area (Å²) in [7, 11) is 3.69. The summed E-state index contributed by atoms with van der Waals surface area (Å²) in [4.78, 5) is 2.49. The molecule has 0 N–H and O–H groups in total. The highest BCUT2D eigenvalue weighted by Gasteiger charge is 2.12. The summed E-state index contributed by atoms with van der Waals surface area (Å²) in [6, 6.07) is 16.0. The first-order chi connectivity index (χ1) is 12.1. The molecular formula is C19H21N3O2S. The van der Waals surface area contributed by atoms with Crippen molar-refractivity contribution < 1.29 is 9.15 Å². The average Bonchev–Trinajstić information content (AvgIpc) is 2.95. The molecule has 0 aliphatic heterocycles. The summed E-state index contributed by atoms with van der Waals surface area (Å²) in [5.74, 6) is 1.41. The van der Waals surface area contributed by atoms with Crippen LogP contribution in [0, 0.1) is 11.8 Å². The fourth-order valence-electron chi connectivity index (χ4n) is 2.68. The molecule has 1 heterocycles. The van der Waals surface area contributed by atoms with Gasteiger partial charge in [-0.2, -0.15) is 0 Å². The highest BCUT2D eigenvalue weighted by atomic mass is 32.1. The third kappa shape index (κ3) is 4.15. The second kappa shape index (κ2) is 7.63. The number of aromatic nitrogens is 2. The molecule has 130 valence electrons. The second-order valence-corrected chi connectivity index (χ2v) is 6.34. The lowest BCUT2D eigenvalue weighted by atomic mass is 10.1. The van der Waals surface area contributed by atoms with E-state index in [1.807, 2.05) is 56.4 Å². The van der Waals surface area contributed by atoms with Crippen molar-refractivity contribution in [3.8, 4) is 17.2 Å². The third-order valence-corrected chi connectivity index (χ3v) is 4.24. The smallest absolute Gasteiger partial charge is 0.288 e. The Hall–Kier alpha value is -2.44. The van der Waals surface area contributed by atoms with Crippen LogP contribution in [0.4, 0.5) is 0 Å². The summed E-state index contributed by atoms with van der Waals surface area (Å²) in [5.41, 5.74) is 3.23. The van der Waals surface area contributed by atoms with Gasteiger partial charge in [0.05, 0.1) is 13.8 Å². The molecule has 5 nitrogen and oxygen atoms in total. The highest BCUT2D eigenvalue weighted by molar-refractivity contribution is 7.71. The number of methoxy groups -OCH3 is 1. The summed E-state index contributed by atoms with van der Waals surface area (Å²) in [5, 5.41) is 4.54. The summed E-state index contributed by atoms with van der Waals surface area (Å²) in [6.45, 7) is 3.33. The van der Waals surface area contributed by atoms with Gasteiger partial charge in [-0.05, 0) is 55.5 Å². The van der Waals surface area contributed by atoms with Gasteiger partial charge < -0.3 is 9.15 Å². The molecule has 3 rings (SSSR count). The third-order valence-electron chi connectivity index (χ3n) is 3.94. The summed E-state index contributed by atoms with van der Waals surface area (Å²) < 4.78 is 12.7. The Balaban J connectivity index is 1.74. The number of aryl methyl sites for hydroxylation is 1. The lowest BCUT2D eigenvalue weighted by Gasteiger charge is -2.16. The molecule has 0 radical (unpaired) electrons. The van der Waals surface area contributed by atoms with Gasteiger partial charge >= 0.3 is 0 Å². The number of ether oxygens (including phenoxy) is 1. The van der Waals surface area contributed by atoms with E-state index in [1.165, 1.54) is 0 Å². The Kier molecular flexibility index (Phi) is 5.31. The van der Waals surface area contributed by atoms with Crippen LogP contribution in [-0.4, -0.2) is 28.8 Å². The van der Waals surface area contributed by atoms with Crippen LogP contribution >= 0.6 is 12.2 Å². The van der Waals surface area contributed by atoms with E-state index in [0.29, 0.717) is 17.4 Å². The maximum Gasteiger partial charge on any atom is 0.288 e. The van der Waals surface area contributed by atoms with E-state index in [4.69, 9.17) is 21.4 Å². The highest BCUT2D eigenvalue weighted by Crippen LogP contribution is 2.22. The van der Waals surface area contributed by atoms with E-state index >= 15 is 0 Å². The molecule has 6 heteroatoms. The summed E-state index contributed by atoms with van der Waals surface area (Å²) >= 11 is 5.33. The van der Waals surface area contributed by atoms with Gasteiger partial charge in [0.1, 0.15) is 5.75 Å². The molecule has 0 aliphatic rings. The van der Waals surface area contributed by atoms with E-state index in [0.717, 1.165) is 29.0 Å². The quantitative estimate of drug-likeness (QED) is 0.618. The maximum absolute atomic E-state index is 5.69. The van der Waals surface area contributed by atoms with E-state index in [2.05, 4.69) is 16.1 Å². The Morgan fingerprint density at radius 2 is 2.00 bits per heavy atom. The predicted octanol–water partition coefficient (Wildman–Crippen LogP) is 4.28. The molecule has 0 saturated heterocycles. The number of benzene rings is 2. The molecule has 1 aromatic heterocycles. The molecule has 0 fully saturated rings. The van der Waals surface area contributed by atoms with Gasteiger partial charge in [0.15, 0.2) is 0 Å². The Morgan fingerprint density at radius 1 is 1.20 bits per heavy atom. The van der Waals surface area contributed by atoms with Gasteiger partial charge in [0, 0.05) is 12.1 Å². The van der Waals surface area contributed by atoms with Gasteiger partial charge in [-0.25, -0.2) is 4.68 Å². The standard InChI is InChI=1S/C19H21N3O2S/c1-14-7-4-5-10-17(14)18-20-22(19(25)24-18)13-21(2)12-15-8-6-9-16(11-15)23-3/h4-11H,12-13H2,1-3H3. The van der Waals surface area contributed by atoms with Crippen LogP contribution in [0.1, 0.15) is 11.1 Å². The van der Waals surface area contributed by atoms with Crippen LogP contribution in [0.2, 0.25) is 0 Å². The molecule has 0 spiro atoms. The Morgan fingerprint density at radius 3 is 2.76 bits per heavy atom. The van der Waals surface area contributed by atoms with E-state index in [9.17, 15) is 0 Å². The normalized spacial score (nSPS) is 11.0. The van der Waals surface area contributed by atoms with Crippen LogP contribution < -0.4 is 4.74 Å². The first kappa shape index (κ1) is 17.4. The van der Waals surface area contributed by atoms with Gasteiger partial charge in [-0.3, -0.25) is 4.90 Å². The zero-order valence-corrected chi connectivity index (χ0v) is 15.4. The van der Waals surface area contributed by atoms with Crippen molar-refractivity contribution in [2.75, 3.05) is 14.2 Å². The maximum atomic E-state index is 5.69. The minimum atomic E-state index is 0.371. The number of hydrogen-bond donors (Lipinski definition) is 0. The zero-order chi connectivity index (χ0) is 17.8. The molecule has 0 bridgehead atoms. The minimum absolute atomic E-state index is 0.371. The van der Waals surface area contributed by atoms with Crippen LogP contribution in [0.3, 0.4) is 0 Å². The average molecular weight is 355 g/mol. The van der Waals surface area contributed by atoms with Crippen LogP contribution in [0.5, 0.6) is 5.75 Å². The van der Waals surface area contributed by atoms with Crippen molar-refractivity contribution in [2.24, 2.45) is 0 Å². The van der Waals surface area contributed by atoms with E-state index < -0.39 is 0 Å². The number of rotatable bonds is 6. The first-order valence-corrected chi connectivity index (χ1v) is 8.43. The SMILES string of the molecule is COc1cccc(CN(C)Cn2nc(-c3ccccc3C)oc2=S)c1. The fraction of sp³-hybridized carbons (Fsp3) is 0.263. The molecule has 0 saturated carbocycles. The first-order valence-electron chi connectivity index (χ1n) is 8.02. The summed E-state index contributed by atoms with van der Waals surface area (Å²) in [6.07, 6.45) is 0. The van der Waals surface area contributed by atoms with E-state index in [1.54, 1.807) is 11.8 Å². The molecule has 0 aliphatic carbocycles. The Bertz CT molecular complexity index is 917. The van der Waals surface area contributed by atoms with Crippen LogP contribution in [-0.2, 0) is 13.2 Å². The molecule has 25 heavy (non-hydrogen) atoms.